The van der Waals surface area contributed by atoms with Gasteiger partial charge in [-0.05, 0) is 63.9 Å². The van der Waals surface area contributed by atoms with Gasteiger partial charge >= 0.3 is 0 Å². The standard InChI is InChI=1S/C25H33NO3/c1-7-14-27-24-23(28-17(2)3)21-15-20(12-13-22(21)29-25(24,5)6)26-16-19-11-9-8-10-18(19)4/h7-13,15,17,23-24,26H,1,14,16H2,2-6H3. The molecule has 2 atom stereocenters. The van der Waals surface area contributed by atoms with Crippen molar-refractivity contribution < 1.29 is 14.2 Å². The first kappa shape index (κ1) is 21.4. The third-order valence-corrected chi connectivity index (χ3v) is 5.21. The van der Waals surface area contributed by atoms with Crippen LogP contribution in [-0.2, 0) is 16.0 Å². The van der Waals surface area contributed by atoms with Gasteiger partial charge in [0, 0.05) is 17.8 Å². The molecule has 0 fully saturated rings. The molecular formula is C25H33NO3. The van der Waals surface area contributed by atoms with Crippen LogP contribution in [0.1, 0.15) is 50.5 Å². The lowest BCUT2D eigenvalue weighted by Crippen LogP contribution is -2.51. The van der Waals surface area contributed by atoms with Crippen molar-refractivity contribution in [3.63, 3.8) is 0 Å². The summed E-state index contributed by atoms with van der Waals surface area (Å²) < 4.78 is 18.8. The fourth-order valence-corrected chi connectivity index (χ4v) is 3.75. The number of rotatable bonds is 8. The molecular weight excluding hydrogens is 362 g/mol. The highest BCUT2D eigenvalue weighted by Crippen LogP contribution is 2.44. The zero-order chi connectivity index (χ0) is 21.0. The first-order chi connectivity index (χ1) is 13.8. The highest BCUT2D eigenvalue weighted by molar-refractivity contribution is 5.54. The molecule has 156 valence electrons. The summed E-state index contributed by atoms with van der Waals surface area (Å²) in [4.78, 5) is 0. The van der Waals surface area contributed by atoms with Gasteiger partial charge in [0.25, 0.3) is 0 Å². The van der Waals surface area contributed by atoms with Gasteiger partial charge < -0.3 is 19.5 Å². The third kappa shape index (κ3) is 5.01. The van der Waals surface area contributed by atoms with E-state index >= 15 is 0 Å². The molecule has 1 heterocycles. The van der Waals surface area contributed by atoms with Crippen molar-refractivity contribution in [3.8, 4) is 5.75 Å². The van der Waals surface area contributed by atoms with Crippen LogP contribution in [0.3, 0.4) is 0 Å². The molecule has 0 saturated carbocycles. The lowest BCUT2D eigenvalue weighted by atomic mass is 9.87. The predicted molar refractivity (Wildman–Crippen MR) is 119 cm³/mol. The predicted octanol–water partition coefficient (Wildman–Crippen LogP) is 5.82. The first-order valence-corrected chi connectivity index (χ1v) is 10.3. The molecule has 1 N–H and O–H groups in total. The Morgan fingerprint density at radius 2 is 1.97 bits per heavy atom. The van der Waals surface area contributed by atoms with Gasteiger partial charge in [0.15, 0.2) is 0 Å². The van der Waals surface area contributed by atoms with E-state index < -0.39 is 5.60 Å². The molecule has 2 aromatic carbocycles. The van der Waals surface area contributed by atoms with Gasteiger partial charge in [-0.2, -0.15) is 0 Å². The second kappa shape index (κ2) is 9.02. The SMILES string of the molecule is C=CCOC1C(OC(C)C)c2cc(NCc3ccccc3C)ccc2OC1(C)C. The van der Waals surface area contributed by atoms with Crippen molar-refractivity contribution in [2.45, 2.75) is 65.1 Å². The Bertz CT molecular complexity index is 844. The molecule has 1 aliphatic rings. The smallest absolute Gasteiger partial charge is 0.132 e. The molecule has 0 bridgehead atoms. The Kier molecular flexibility index (Phi) is 6.66. The van der Waals surface area contributed by atoms with E-state index in [0.717, 1.165) is 23.5 Å². The molecule has 0 spiro atoms. The summed E-state index contributed by atoms with van der Waals surface area (Å²) in [5.74, 6) is 0.848. The number of aryl methyl sites for hydroxylation is 1. The molecule has 2 aromatic rings. The summed E-state index contributed by atoms with van der Waals surface area (Å²) in [6.45, 7) is 15.3. The maximum absolute atomic E-state index is 6.33. The lowest BCUT2D eigenvalue weighted by Gasteiger charge is -2.44. The number of fused-ring (bicyclic) bond motifs is 1. The highest BCUT2D eigenvalue weighted by atomic mass is 16.6. The summed E-state index contributed by atoms with van der Waals surface area (Å²) in [5.41, 5.74) is 4.11. The van der Waals surface area contributed by atoms with Crippen LogP contribution >= 0.6 is 0 Å². The van der Waals surface area contributed by atoms with E-state index in [0.29, 0.717) is 6.61 Å². The molecule has 0 saturated heterocycles. The fraction of sp³-hybridized carbons (Fsp3) is 0.440. The van der Waals surface area contributed by atoms with E-state index in [9.17, 15) is 0 Å². The third-order valence-electron chi connectivity index (χ3n) is 5.21. The number of ether oxygens (including phenoxy) is 3. The lowest BCUT2D eigenvalue weighted by molar-refractivity contribution is -0.168. The number of hydrogen-bond acceptors (Lipinski definition) is 4. The van der Waals surface area contributed by atoms with Gasteiger partial charge in [-0.25, -0.2) is 0 Å². The van der Waals surface area contributed by atoms with Crippen LogP contribution in [0.4, 0.5) is 5.69 Å². The minimum Gasteiger partial charge on any atom is -0.485 e. The Morgan fingerprint density at radius 3 is 2.66 bits per heavy atom. The summed E-state index contributed by atoms with van der Waals surface area (Å²) in [6.07, 6.45) is 1.38. The van der Waals surface area contributed by atoms with E-state index in [4.69, 9.17) is 14.2 Å². The molecule has 0 aromatic heterocycles. The molecule has 3 rings (SSSR count). The average Bonchev–Trinajstić information content (AvgIpc) is 2.66. The molecule has 0 aliphatic carbocycles. The van der Waals surface area contributed by atoms with Crippen LogP contribution < -0.4 is 10.1 Å². The highest BCUT2D eigenvalue weighted by Gasteiger charge is 2.45. The van der Waals surface area contributed by atoms with Crippen LogP contribution in [0.15, 0.2) is 55.1 Å². The molecule has 0 radical (unpaired) electrons. The van der Waals surface area contributed by atoms with Crippen molar-refractivity contribution in [2.75, 3.05) is 11.9 Å². The van der Waals surface area contributed by atoms with Crippen molar-refractivity contribution in [1.29, 1.82) is 0 Å². The van der Waals surface area contributed by atoms with Gasteiger partial charge in [0.2, 0.25) is 0 Å². The monoisotopic (exact) mass is 395 g/mol. The van der Waals surface area contributed by atoms with E-state index in [1.54, 1.807) is 6.08 Å². The Balaban J connectivity index is 1.89. The summed E-state index contributed by atoms with van der Waals surface area (Å²) in [6, 6.07) is 14.6. The number of anilines is 1. The normalized spacial score (nSPS) is 20.1. The van der Waals surface area contributed by atoms with Crippen LogP contribution in [0.5, 0.6) is 5.75 Å². The largest absolute Gasteiger partial charge is 0.485 e. The average molecular weight is 396 g/mol. The second-order valence-corrected chi connectivity index (χ2v) is 8.39. The fourth-order valence-electron chi connectivity index (χ4n) is 3.75. The van der Waals surface area contributed by atoms with Gasteiger partial charge in [0.1, 0.15) is 23.6 Å². The zero-order valence-corrected chi connectivity index (χ0v) is 18.2. The zero-order valence-electron chi connectivity index (χ0n) is 18.2. The van der Waals surface area contributed by atoms with E-state index in [2.05, 4.69) is 55.2 Å². The number of benzene rings is 2. The van der Waals surface area contributed by atoms with Gasteiger partial charge in [-0.15, -0.1) is 6.58 Å². The molecule has 0 amide bonds. The van der Waals surface area contributed by atoms with E-state index in [-0.39, 0.29) is 18.3 Å². The van der Waals surface area contributed by atoms with Crippen LogP contribution in [0.25, 0.3) is 0 Å². The van der Waals surface area contributed by atoms with Crippen molar-refractivity contribution >= 4 is 5.69 Å². The van der Waals surface area contributed by atoms with Crippen LogP contribution in [0, 0.1) is 6.92 Å². The molecule has 29 heavy (non-hydrogen) atoms. The maximum Gasteiger partial charge on any atom is 0.132 e. The number of nitrogens with one attached hydrogen (secondary N) is 1. The van der Waals surface area contributed by atoms with E-state index in [1.165, 1.54) is 11.1 Å². The Morgan fingerprint density at radius 1 is 1.21 bits per heavy atom. The summed E-state index contributed by atoms with van der Waals surface area (Å²) >= 11 is 0. The van der Waals surface area contributed by atoms with Crippen molar-refractivity contribution in [2.24, 2.45) is 0 Å². The topological polar surface area (TPSA) is 39.7 Å². The quantitative estimate of drug-likeness (QED) is 0.572. The molecule has 4 heteroatoms. The summed E-state index contributed by atoms with van der Waals surface area (Å²) in [7, 11) is 0. The maximum atomic E-state index is 6.33. The molecule has 4 nitrogen and oxygen atoms in total. The van der Waals surface area contributed by atoms with Gasteiger partial charge in [-0.3, -0.25) is 0 Å². The van der Waals surface area contributed by atoms with Crippen LogP contribution in [-0.4, -0.2) is 24.4 Å². The first-order valence-electron chi connectivity index (χ1n) is 10.3. The van der Waals surface area contributed by atoms with E-state index in [1.807, 2.05) is 33.8 Å². The van der Waals surface area contributed by atoms with Crippen LogP contribution in [0.2, 0.25) is 0 Å². The molecule has 1 aliphatic heterocycles. The Hall–Kier alpha value is -2.30. The van der Waals surface area contributed by atoms with Crippen molar-refractivity contribution in [1.82, 2.24) is 0 Å². The summed E-state index contributed by atoms with van der Waals surface area (Å²) in [5, 5.41) is 3.54. The second-order valence-electron chi connectivity index (χ2n) is 8.39. The van der Waals surface area contributed by atoms with Gasteiger partial charge in [0.05, 0.1) is 12.7 Å². The Labute approximate surface area is 174 Å². The minimum atomic E-state index is -0.508. The van der Waals surface area contributed by atoms with Crippen molar-refractivity contribution in [3.05, 3.63) is 71.8 Å². The molecule has 2 unspecified atom stereocenters. The van der Waals surface area contributed by atoms with Gasteiger partial charge in [-0.1, -0.05) is 30.3 Å². The number of hydrogen-bond donors (Lipinski definition) is 1. The minimum absolute atomic E-state index is 0.0696.